The van der Waals surface area contributed by atoms with Crippen molar-refractivity contribution in [1.82, 2.24) is 15.2 Å². The summed E-state index contributed by atoms with van der Waals surface area (Å²) in [5.41, 5.74) is 2.46. The monoisotopic (exact) mass is 548 g/mol. The van der Waals surface area contributed by atoms with Crippen LogP contribution >= 0.6 is 46.9 Å². The van der Waals surface area contributed by atoms with Crippen molar-refractivity contribution in [3.05, 3.63) is 50.9 Å². The Morgan fingerprint density at radius 1 is 1.45 bits per heavy atom. The Morgan fingerprint density at radius 3 is 2.83 bits per heavy atom. The topological polar surface area (TPSA) is 49.8 Å². The van der Waals surface area contributed by atoms with Gasteiger partial charge >= 0.3 is 0 Å². The first-order valence-electron chi connectivity index (χ1n) is 9.70. The smallest absolute Gasteiger partial charge is 0.194 e. The molecule has 1 aliphatic rings. The molecular weight excluding hydrogens is 519 g/mol. The number of nitrogens with zero attached hydrogens (tertiary/aromatic N) is 3. The molecule has 1 aliphatic carbocycles. The fraction of sp³-hybridized carbons (Fsp3) is 0.524. The molecule has 160 valence electrons. The van der Waals surface area contributed by atoms with E-state index in [1.807, 2.05) is 19.1 Å². The van der Waals surface area contributed by atoms with E-state index in [1.165, 1.54) is 5.56 Å². The van der Waals surface area contributed by atoms with Gasteiger partial charge in [0.1, 0.15) is 11.1 Å². The summed E-state index contributed by atoms with van der Waals surface area (Å²) >= 11 is 7.84. The van der Waals surface area contributed by atoms with Crippen molar-refractivity contribution in [1.29, 1.82) is 0 Å². The summed E-state index contributed by atoms with van der Waals surface area (Å²) in [5.74, 6) is 0.908. The summed E-state index contributed by atoms with van der Waals surface area (Å²) in [4.78, 5) is 11.8. The number of benzene rings is 1. The maximum atomic E-state index is 6.20. The largest absolute Gasteiger partial charge is 0.375 e. The first kappa shape index (κ1) is 24.4. The van der Waals surface area contributed by atoms with E-state index in [1.54, 1.807) is 18.4 Å². The molecule has 0 radical (unpaired) electrons. The fourth-order valence-corrected chi connectivity index (χ4v) is 4.24. The van der Waals surface area contributed by atoms with Crippen molar-refractivity contribution in [2.45, 2.75) is 44.8 Å². The van der Waals surface area contributed by atoms with E-state index in [0.717, 1.165) is 47.6 Å². The normalized spacial score (nSPS) is 16.1. The van der Waals surface area contributed by atoms with Crippen molar-refractivity contribution >= 4 is 52.9 Å². The van der Waals surface area contributed by atoms with Crippen molar-refractivity contribution < 1.29 is 4.74 Å². The molecule has 1 heterocycles. The van der Waals surface area contributed by atoms with Gasteiger partial charge in [-0.1, -0.05) is 23.7 Å². The van der Waals surface area contributed by atoms with Crippen LogP contribution in [0, 0.1) is 0 Å². The number of aliphatic imine (C=N–C) groups is 1. The minimum absolute atomic E-state index is 0. The number of aromatic nitrogens is 1. The molecule has 29 heavy (non-hydrogen) atoms. The molecule has 3 rings (SSSR count). The van der Waals surface area contributed by atoms with Gasteiger partial charge in [-0.2, -0.15) is 0 Å². The number of ether oxygens (including phenoxy) is 1. The van der Waals surface area contributed by atoms with Crippen LogP contribution in [0.5, 0.6) is 0 Å². The third-order valence-electron chi connectivity index (χ3n) is 5.19. The van der Waals surface area contributed by atoms with E-state index in [0.29, 0.717) is 6.54 Å². The number of nitrogens with one attached hydrogen (secondary N) is 1. The number of methoxy groups -OCH3 is 1. The number of thiazole rings is 1. The van der Waals surface area contributed by atoms with Gasteiger partial charge in [-0.3, -0.25) is 4.99 Å². The summed E-state index contributed by atoms with van der Waals surface area (Å²) < 4.78 is 5.36. The highest BCUT2D eigenvalue weighted by Gasteiger charge is 2.44. The van der Waals surface area contributed by atoms with Crippen molar-refractivity contribution in [2.24, 2.45) is 4.99 Å². The molecule has 0 spiro atoms. The van der Waals surface area contributed by atoms with Crippen LogP contribution in [-0.2, 0) is 16.7 Å². The highest BCUT2D eigenvalue weighted by Crippen LogP contribution is 2.48. The molecule has 1 fully saturated rings. The first-order chi connectivity index (χ1) is 13.5. The molecule has 0 aliphatic heterocycles. The Morgan fingerprint density at radius 2 is 2.21 bits per heavy atom. The molecule has 0 amide bonds. The summed E-state index contributed by atoms with van der Waals surface area (Å²) in [6, 6.07) is 8.20. The second kappa shape index (κ2) is 10.9. The summed E-state index contributed by atoms with van der Waals surface area (Å²) in [7, 11) is 3.76. The fourth-order valence-electron chi connectivity index (χ4n) is 3.20. The van der Waals surface area contributed by atoms with Crippen molar-refractivity contribution in [3.8, 4) is 0 Å². The van der Waals surface area contributed by atoms with Gasteiger partial charge in [0.2, 0.25) is 0 Å². The number of hydrogen-bond donors (Lipinski definition) is 1. The third-order valence-corrected chi connectivity index (χ3v) is 6.48. The maximum absolute atomic E-state index is 6.20. The summed E-state index contributed by atoms with van der Waals surface area (Å²) in [6.07, 6.45) is 2.34. The van der Waals surface area contributed by atoms with Gasteiger partial charge in [-0.25, -0.2) is 4.98 Å². The van der Waals surface area contributed by atoms with Crippen LogP contribution in [0.1, 0.15) is 49.1 Å². The highest BCUT2D eigenvalue weighted by atomic mass is 127. The Labute approximate surface area is 199 Å². The van der Waals surface area contributed by atoms with Crippen molar-refractivity contribution in [3.63, 3.8) is 0 Å². The van der Waals surface area contributed by atoms with E-state index in [2.05, 4.69) is 41.7 Å². The second-order valence-corrected chi connectivity index (χ2v) is 8.70. The highest BCUT2D eigenvalue weighted by molar-refractivity contribution is 14.0. The lowest BCUT2D eigenvalue weighted by Crippen LogP contribution is -2.39. The zero-order valence-electron chi connectivity index (χ0n) is 17.4. The molecule has 8 heteroatoms. The molecular formula is C21H30ClIN4OS. The summed E-state index contributed by atoms with van der Waals surface area (Å²) in [5, 5.41) is 7.30. The van der Waals surface area contributed by atoms with Gasteiger partial charge in [-0.05, 0) is 44.4 Å². The number of rotatable bonds is 8. The minimum Gasteiger partial charge on any atom is -0.375 e. The Bertz CT molecular complexity index is 825. The van der Waals surface area contributed by atoms with Crippen LogP contribution in [0.15, 0.2) is 34.6 Å². The number of guanidine groups is 1. The third kappa shape index (κ3) is 6.29. The van der Waals surface area contributed by atoms with Gasteiger partial charge in [0.05, 0.1) is 18.8 Å². The quantitative estimate of drug-likeness (QED) is 0.278. The molecule has 1 atom stereocenters. The Hall–Kier alpha value is -0.900. The average Bonchev–Trinajstić information content (AvgIpc) is 3.35. The van der Waals surface area contributed by atoms with E-state index in [4.69, 9.17) is 26.3 Å². The zero-order chi connectivity index (χ0) is 20.1. The van der Waals surface area contributed by atoms with Gasteiger partial charge in [0.25, 0.3) is 0 Å². The molecule has 1 aromatic heterocycles. The molecule has 1 N–H and O–H groups in total. The lowest BCUT2D eigenvalue weighted by Gasteiger charge is -2.22. The van der Waals surface area contributed by atoms with Crippen LogP contribution in [-0.4, -0.2) is 43.1 Å². The molecule has 0 bridgehead atoms. The lowest BCUT2D eigenvalue weighted by atomic mass is 9.96. The van der Waals surface area contributed by atoms with E-state index in [9.17, 15) is 0 Å². The van der Waals surface area contributed by atoms with Crippen LogP contribution in [0.2, 0.25) is 5.02 Å². The van der Waals surface area contributed by atoms with Gasteiger partial charge < -0.3 is 15.0 Å². The number of hydrogen-bond acceptors (Lipinski definition) is 4. The lowest BCUT2D eigenvalue weighted by molar-refractivity contribution is 0.119. The van der Waals surface area contributed by atoms with Gasteiger partial charge in [0.15, 0.2) is 5.96 Å². The minimum atomic E-state index is 0. The molecule has 1 unspecified atom stereocenters. The summed E-state index contributed by atoms with van der Waals surface area (Å²) in [6.45, 7) is 6.42. The molecule has 1 saturated carbocycles. The predicted molar refractivity (Wildman–Crippen MR) is 133 cm³/mol. The molecule has 5 nitrogen and oxygen atoms in total. The molecule has 2 aromatic rings. The zero-order valence-corrected chi connectivity index (χ0v) is 21.3. The van der Waals surface area contributed by atoms with Gasteiger partial charge in [-0.15, -0.1) is 35.3 Å². The predicted octanol–water partition coefficient (Wildman–Crippen LogP) is 5.25. The Balaban J connectivity index is 0.00000300. The van der Waals surface area contributed by atoms with Crippen LogP contribution in [0.25, 0.3) is 0 Å². The van der Waals surface area contributed by atoms with E-state index in [-0.39, 0.29) is 35.5 Å². The standard InChI is InChI=1S/C21H29ClN4OS.HI/c1-5-23-20(26(3)12-18-13-28-19(25-18)15(2)27-4)24-14-21(9-10-21)16-7-6-8-17(22)11-16;/h6-8,11,13,15H,5,9-10,12,14H2,1-4H3,(H,23,24);1H. The molecule has 1 aromatic carbocycles. The van der Waals surface area contributed by atoms with Crippen LogP contribution in [0.4, 0.5) is 0 Å². The van der Waals surface area contributed by atoms with Gasteiger partial charge in [0, 0.05) is 36.5 Å². The second-order valence-electron chi connectivity index (χ2n) is 7.37. The molecule has 0 saturated heterocycles. The SMILES string of the molecule is CCNC(=NCC1(c2cccc(Cl)c2)CC1)N(C)Cc1csc(C(C)OC)n1.I. The van der Waals surface area contributed by atoms with Crippen LogP contribution < -0.4 is 5.32 Å². The maximum Gasteiger partial charge on any atom is 0.194 e. The number of halogens is 2. The average molecular weight is 549 g/mol. The van der Waals surface area contributed by atoms with Crippen molar-refractivity contribution in [2.75, 3.05) is 27.2 Å². The van der Waals surface area contributed by atoms with E-state index < -0.39 is 0 Å². The first-order valence-corrected chi connectivity index (χ1v) is 11.0. The van der Waals surface area contributed by atoms with Crippen LogP contribution in [0.3, 0.4) is 0 Å². The Kier molecular flexibility index (Phi) is 9.18. The van der Waals surface area contributed by atoms with E-state index >= 15 is 0 Å².